The molecular formula is C20H27N3O. The lowest BCUT2D eigenvalue weighted by molar-refractivity contribution is -0.118. The summed E-state index contributed by atoms with van der Waals surface area (Å²) in [5.41, 5.74) is 5.87. The minimum absolute atomic E-state index is 0.218. The molecule has 4 heteroatoms. The van der Waals surface area contributed by atoms with Crippen LogP contribution in [0.1, 0.15) is 42.8 Å². The molecule has 128 valence electrons. The summed E-state index contributed by atoms with van der Waals surface area (Å²) >= 11 is 0. The maximum Gasteiger partial charge on any atom is 0.227 e. The van der Waals surface area contributed by atoms with Crippen LogP contribution in [0.5, 0.6) is 0 Å². The van der Waals surface area contributed by atoms with E-state index in [1.165, 1.54) is 16.8 Å². The number of nitrogens with zero attached hydrogens (tertiary/aromatic N) is 3. The van der Waals surface area contributed by atoms with E-state index < -0.39 is 0 Å². The molecular weight excluding hydrogens is 298 g/mol. The maximum atomic E-state index is 12.7. The Labute approximate surface area is 144 Å². The molecule has 1 aromatic heterocycles. The Bertz CT molecular complexity index is 745. The second kappa shape index (κ2) is 6.80. The first-order valence-corrected chi connectivity index (χ1v) is 8.88. The number of carbonyl (C=O) groups is 1. The molecule has 1 amide bonds. The topological polar surface area (TPSA) is 38.1 Å². The van der Waals surface area contributed by atoms with Gasteiger partial charge >= 0.3 is 0 Å². The van der Waals surface area contributed by atoms with Crippen molar-refractivity contribution in [2.75, 3.05) is 11.4 Å². The average molecular weight is 325 g/mol. The normalized spacial score (nSPS) is 13.6. The summed E-state index contributed by atoms with van der Waals surface area (Å²) in [4.78, 5) is 14.6. The Hall–Kier alpha value is -2.10. The van der Waals surface area contributed by atoms with Gasteiger partial charge in [0.1, 0.15) is 0 Å². The fourth-order valence-electron chi connectivity index (χ4n) is 3.58. The molecule has 1 aliphatic rings. The van der Waals surface area contributed by atoms with Crippen LogP contribution in [0.15, 0.2) is 24.3 Å². The van der Waals surface area contributed by atoms with Crippen LogP contribution in [0.25, 0.3) is 0 Å². The van der Waals surface area contributed by atoms with E-state index in [1.807, 2.05) is 17.0 Å². The SMILES string of the molecule is Cc1nn(CC(C)C)c(C)c1CCC(=O)N1CCc2ccccc21. The zero-order chi connectivity index (χ0) is 17.3. The van der Waals surface area contributed by atoms with Gasteiger partial charge in [0.25, 0.3) is 0 Å². The number of benzene rings is 1. The van der Waals surface area contributed by atoms with E-state index in [4.69, 9.17) is 0 Å². The quantitative estimate of drug-likeness (QED) is 0.841. The third-order valence-corrected chi connectivity index (χ3v) is 4.85. The van der Waals surface area contributed by atoms with Crippen LogP contribution in [0.4, 0.5) is 5.69 Å². The van der Waals surface area contributed by atoms with Crippen molar-refractivity contribution >= 4 is 11.6 Å². The number of hydrogen-bond acceptors (Lipinski definition) is 2. The van der Waals surface area contributed by atoms with Crippen molar-refractivity contribution in [3.8, 4) is 0 Å². The molecule has 3 rings (SSSR count). The van der Waals surface area contributed by atoms with Gasteiger partial charge in [-0.3, -0.25) is 9.48 Å². The van der Waals surface area contributed by atoms with Crippen molar-refractivity contribution in [1.29, 1.82) is 0 Å². The van der Waals surface area contributed by atoms with Gasteiger partial charge in [-0.15, -0.1) is 0 Å². The maximum absolute atomic E-state index is 12.7. The summed E-state index contributed by atoms with van der Waals surface area (Å²) in [5, 5.41) is 4.65. The highest BCUT2D eigenvalue weighted by molar-refractivity contribution is 5.95. The van der Waals surface area contributed by atoms with Crippen molar-refractivity contribution in [3.63, 3.8) is 0 Å². The molecule has 0 fully saturated rings. The van der Waals surface area contributed by atoms with Gasteiger partial charge < -0.3 is 4.90 Å². The highest BCUT2D eigenvalue weighted by Gasteiger charge is 2.24. The number of fused-ring (bicyclic) bond motifs is 1. The van der Waals surface area contributed by atoms with Crippen LogP contribution < -0.4 is 4.90 Å². The Kier molecular flexibility index (Phi) is 4.74. The number of anilines is 1. The van der Waals surface area contributed by atoms with Crippen molar-refractivity contribution in [1.82, 2.24) is 9.78 Å². The molecule has 0 saturated heterocycles. The largest absolute Gasteiger partial charge is 0.312 e. The summed E-state index contributed by atoms with van der Waals surface area (Å²) in [6.07, 6.45) is 2.28. The number of aryl methyl sites for hydroxylation is 1. The third kappa shape index (κ3) is 3.23. The van der Waals surface area contributed by atoms with Crippen molar-refractivity contribution in [2.45, 2.75) is 53.5 Å². The first kappa shape index (κ1) is 16.7. The van der Waals surface area contributed by atoms with E-state index in [9.17, 15) is 4.79 Å². The molecule has 1 aliphatic heterocycles. The van der Waals surface area contributed by atoms with Gasteiger partial charge in [0.2, 0.25) is 5.91 Å². The van der Waals surface area contributed by atoms with E-state index >= 15 is 0 Å². The molecule has 0 spiro atoms. The first-order chi connectivity index (χ1) is 11.5. The van der Waals surface area contributed by atoms with Crippen LogP contribution in [0, 0.1) is 19.8 Å². The van der Waals surface area contributed by atoms with Crippen molar-refractivity contribution < 1.29 is 4.79 Å². The van der Waals surface area contributed by atoms with Gasteiger partial charge in [-0.2, -0.15) is 5.10 Å². The van der Waals surface area contributed by atoms with Gasteiger partial charge in [0.15, 0.2) is 0 Å². The monoisotopic (exact) mass is 325 g/mol. The molecule has 0 unspecified atom stereocenters. The zero-order valence-electron chi connectivity index (χ0n) is 15.2. The molecule has 0 saturated carbocycles. The lowest BCUT2D eigenvalue weighted by Crippen LogP contribution is -2.29. The van der Waals surface area contributed by atoms with Gasteiger partial charge in [-0.25, -0.2) is 0 Å². The van der Waals surface area contributed by atoms with Crippen LogP contribution in [0.2, 0.25) is 0 Å². The van der Waals surface area contributed by atoms with E-state index in [0.717, 1.165) is 37.3 Å². The lowest BCUT2D eigenvalue weighted by Gasteiger charge is -2.17. The van der Waals surface area contributed by atoms with E-state index in [0.29, 0.717) is 12.3 Å². The van der Waals surface area contributed by atoms with E-state index in [2.05, 4.69) is 49.6 Å². The molecule has 0 bridgehead atoms. The molecule has 1 aromatic carbocycles. The first-order valence-electron chi connectivity index (χ1n) is 8.88. The molecule has 0 radical (unpaired) electrons. The summed E-state index contributed by atoms with van der Waals surface area (Å²) in [5.74, 6) is 0.786. The standard InChI is InChI=1S/C20H27N3O/c1-14(2)13-23-16(4)18(15(3)21-23)9-10-20(24)22-12-11-17-7-5-6-8-19(17)22/h5-8,14H,9-13H2,1-4H3. The zero-order valence-corrected chi connectivity index (χ0v) is 15.2. The highest BCUT2D eigenvalue weighted by atomic mass is 16.2. The van der Waals surface area contributed by atoms with Crippen LogP contribution in [-0.2, 0) is 24.2 Å². The van der Waals surface area contributed by atoms with Crippen molar-refractivity contribution in [3.05, 3.63) is 46.8 Å². The Morgan fingerprint density at radius 1 is 1.25 bits per heavy atom. The van der Waals surface area contributed by atoms with Gasteiger partial charge in [0, 0.05) is 30.9 Å². The molecule has 24 heavy (non-hydrogen) atoms. The smallest absolute Gasteiger partial charge is 0.227 e. The minimum Gasteiger partial charge on any atom is -0.312 e. The molecule has 0 aliphatic carbocycles. The Balaban J connectivity index is 1.68. The Morgan fingerprint density at radius 3 is 2.75 bits per heavy atom. The second-order valence-corrected chi connectivity index (χ2v) is 7.15. The molecule has 4 nitrogen and oxygen atoms in total. The average Bonchev–Trinajstić information content (AvgIpc) is 3.07. The Morgan fingerprint density at radius 2 is 2.00 bits per heavy atom. The third-order valence-electron chi connectivity index (χ3n) is 4.85. The number of amides is 1. The fraction of sp³-hybridized carbons (Fsp3) is 0.500. The number of aromatic nitrogens is 2. The number of hydrogen-bond donors (Lipinski definition) is 0. The van der Waals surface area contributed by atoms with Crippen LogP contribution >= 0.6 is 0 Å². The number of rotatable bonds is 5. The van der Waals surface area contributed by atoms with Gasteiger partial charge in [0.05, 0.1) is 5.69 Å². The summed E-state index contributed by atoms with van der Waals surface area (Å²) in [6.45, 7) is 10.3. The number of carbonyl (C=O) groups excluding carboxylic acids is 1. The van der Waals surface area contributed by atoms with Crippen LogP contribution in [0.3, 0.4) is 0 Å². The van der Waals surface area contributed by atoms with E-state index in [1.54, 1.807) is 0 Å². The summed E-state index contributed by atoms with van der Waals surface area (Å²) in [7, 11) is 0. The van der Waals surface area contributed by atoms with E-state index in [-0.39, 0.29) is 5.91 Å². The predicted molar refractivity (Wildman–Crippen MR) is 97.4 cm³/mol. The molecule has 2 aromatic rings. The summed E-state index contributed by atoms with van der Waals surface area (Å²) in [6, 6.07) is 8.22. The van der Waals surface area contributed by atoms with Crippen LogP contribution in [-0.4, -0.2) is 22.2 Å². The molecule has 0 atom stereocenters. The molecule has 2 heterocycles. The lowest BCUT2D eigenvalue weighted by atomic mass is 10.1. The summed E-state index contributed by atoms with van der Waals surface area (Å²) < 4.78 is 2.09. The predicted octanol–water partition coefficient (Wildman–Crippen LogP) is 3.68. The van der Waals surface area contributed by atoms with Gasteiger partial charge in [-0.05, 0) is 49.8 Å². The fourth-order valence-corrected chi connectivity index (χ4v) is 3.58. The minimum atomic E-state index is 0.218. The van der Waals surface area contributed by atoms with Gasteiger partial charge in [-0.1, -0.05) is 32.0 Å². The van der Waals surface area contributed by atoms with Crippen molar-refractivity contribution in [2.24, 2.45) is 5.92 Å². The number of para-hydroxylation sites is 1. The second-order valence-electron chi connectivity index (χ2n) is 7.15. The molecule has 0 N–H and O–H groups in total. The highest BCUT2D eigenvalue weighted by Crippen LogP contribution is 2.28.